The van der Waals surface area contributed by atoms with Gasteiger partial charge in [0, 0.05) is 11.6 Å². The molecule has 3 rings (SSSR count). The number of hydrogen-bond acceptors (Lipinski definition) is 5. The maximum Gasteiger partial charge on any atom is 0.213 e. The van der Waals surface area contributed by atoms with Gasteiger partial charge in [-0.05, 0) is 42.7 Å². The zero-order valence-electron chi connectivity index (χ0n) is 11.7. The van der Waals surface area contributed by atoms with Gasteiger partial charge in [-0.3, -0.25) is 0 Å². The molecule has 21 heavy (non-hydrogen) atoms. The van der Waals surface area contributed by atoms with Gasteiger partial charge in [0.1, 0.15) is 12.4 Å². The second kappa shape index (κ2) is 5.83. The van der Waals surface area contributed by atoms with Crippen LogP contribution in [0.5, 0.6) is 11.6 Å². The van der Waals surface area contributed by atoms with Crippen molar-refractivity contribution in [2.45, 2.75) is 19.4 Å². The first kappa shape index (κ1) is 13.4. The van der Waals surface area contributed by atoms with E-state index in [1.807, 2.05) is 30.3 Å². The molecule has 108 valence electrons. The van der Waals surface area contributed by atoms with Gasteiger partial charge in [0.15, 0.2) is 0 Å². The Kier molecular flexibility index (Phi) is 3.73. The number of benzene rings is 1. The largest absolute Gasteiger partial charge is 0.487 e. The summed E-state index contributed by atoms with van der Waals surface area (Å²) in [7, 11) is 1.59. The van der Waals surface area contributed by atoms with Crippen molar-refractivity contribution in [1.82, 2.24) is 4.98 Å². The van der Waals surface area contributed by atoms with Crippen LogP contribution in [-0.4, -0.2) is 23.0 Å². The van der Waals surface area contributed by atoms with Crippen LogP contribution in [0.15, 0.2) is 41.6 Å². The van der Waals surface area contributed by atoms with Crippen LogP contribution in [0.1, 0.15) is 23.2 Å². The van der Waals surface area contributed by atoms with E-state index in [9.17, 15) is 0 Å². The Morgan fingerprint density at radius 3 is 2.95 bits per heavy atom. The van der Waals surface area contributed by atoms with E-state index in [2.05, 4.69) is 10.1 Å². The van der Waals surface area contributed by atoms with Crippen molar-refractivity contribution in [3.05, 3.63) is 53.2 Å². The summed E-state index contributed by atoms with van der Waals surface area (Å²) < 4.78 is 10.9. The zero-order chi connectivity index (χ0) is 14.7. The van der Waals surface area contributed by atoms with Crippen LogP contribution < -0.4 is 9.47 Å². The van der Waals surface area contributed by atoms with Crippen molar-refractivity contribution in [3.8, 4) is 11.6 Å². The summed E-state index contributed by atoms with van der Waals surface area (Å²) in [5, 5.41) is 12.2. The summed E-state index contributed by atoms with van der Waals surface area (Å²) in [4.78, 5) is 4.30. The van der Waals surface area contributed by atoms with E-state index in [0.29, 0.717) is 12.5 Å². The number of aryl methyl sites for hydroxylation is 1. The molecule has 0 spiro atoms. The minimum atomic E-state index is 0.386. The number of hydrogen-bond donors (Lipinski definition) is 1. The maximum absolute atomic E-state index is 8.92. The molecule has 1 aliphatic carbocycles. The Balaban J connectivity index is 1.71. The first-order valence-electron chi connectivity index (χ1n) is 6.77. The van der Waals surface area contributed by atoms with Crippen molar-refractivity contribution < 1.29 is 14.7 Å². The fourth-order valence-electron chi connectivity index (χ4n) is 2.45. The Morgan fingerprint density at radius 1 is 1.24 bits per heavy atom. The molecule has 0 fully saturated rings. The molecule has 1 N–H and O–H groups in total. The highest BCUT2D eigenvalue weighted by Crippen LogP contribution is 2.27. The Labute approximate surface area is 122 Å². The summed E-state index contributed by atoms with van der Waals surface area (Å²) in [5.41, 5.74) is 3.71. The van der Waals surface area contributed by atoms with Gasteiger partial charge in [-0.2, -0.15) is 0 Å². The van der Waals surface area contributed by atoms with Crippen LogP contribution in [0.3, 0.4) is 0 Å². The molecule has 1 aliphatic rings. The maximum atomic E-state index is 8.92. The predicted molar refractivity (Wildman–Crippen MR) is 78.2 cm³/mol. The molecule has 1 heterocycles. The van der Waals surface area contributed by atoms with E-state index in [1.165, 1.54) is 0 Å². The van der Waals surface area contributed by atoms with Crippen LogP contribution in [0.4, 0.5) is 0 Å². The van der Waals surface area contributed by atoms with Crippen molar-refractivity contribution in [3.63, 3.8) is 0 Å². The van der Waals surface area contributed by atoms with Gasteiger partial charge in [-0.25, -0.2) is 4.98 Å². The number of pyridine rings is 1. The van der Waals surface area contributed by atoms with E-state index < -0.39 is 0 Å². The molecular formula is C16H16N2O3. The van der Waals surface area contributed by atoms with E-state index in [-0.39, 0.29) is 0 Å². The first-order valence-corrected chi connectivity index (χ1v) is 6.77. The van der Waals surface area contributed by atoms with E-state index in [1.54, 1.807) is 13.2 Å². The molecule has 1 aromatic heterocycles. The van der Waals surface area contributed by atoms with Gasteiger partial charge in [-0.15, -0.1) is 0 Å². The zero-order valence-corrected chi connectivity index (χ0v) is 11.7. The molecular weight excluding hydrogens is 268 g/mol. The van der Waals surface area contributed by atoms with E-state index in [4.69, 9.17) is 14.7 Å². The molecule has 0 atom stereocenters. The summed E-state index contributed by atoms with van der Waals surface area (Å²) in [6.07, 6.45) is 1.65. The molecule has 0 bridgehead atoms. The van der Waals surface area contributed by atoms with Crippen molar-refractivity contribution >= 4 is 5.71 Å². The molecule has 5 nitrogen and oxygen atoms in total. The normalized spacial score (nSPS) is 15.0. The molecule has 0 radical (unpaired) electrons. The van der Waals surface area contributed by atoms with Crippen molar-refractivity contribution in [2.75, 3.05) is 7.11 Å². The van der Waals surface area contributed by atoms with Gasteiger partial charge >= 0.3 is 0 Å². The summed E-state index contributed by atoms with van der Waals surface area (Å²) in [6.45, 7) is 0.386. The number of ether oxygens (including phenoxy) is 2. The van der Waals surface area contributed by atoms with Crippen molar-refractivity contribution in [2.24, 2.45) is 5.16 Å². The van der Waals surface area contributed by atoms with Crippen LogP contribution in [0.25, 0.3) is 0 Å². The average Bonchev–Trinajstić information content (AvgIpc) is 2.95. The third kappa shape index (κ3) is 2.81. The lowest BCUT2D eigenvalue weighted by Crippen LogP contribution is -2.00. The van der Waals surface area contributed by atoms with Gasteiger partial charge in [0.05, 0.1) is 18.5 Å². The second-order valence-corrected chi connectivity index (χ2v) is 4.83. The van der Waals surface area contributed by atoms with Gasteiger partial charge in [0.25, 0.3) is 0 Å². The molecule has 0 aliphatic heterocycles. The van der Waals surface area contributed by atoms with E-state index in [0.717, 1.165) is 41.1 Å². The Bertz CT molecular complexity index is 683. The predicted octanol–water partition coefficient (Wildman–Crippen LogP) is 2.79. The van der Waals surface area contributed by atoms with Crippen LogP contribution in [0.2, 0.25) is 0 Å². The number of oxime groups is 1. The van der Waals surface area contributed by atoms with Crippen molar-refractivity contribution in [1.29, 1.82) is 0 Å². The number of aromatic nitrogens is 1. The SMILES string of the molecule is COc1cccc(COc2ccc3c(c2)CC/C3=N\O)n1. The molecule has 0 unspecified atom stereocenters. The van der Waals surface area contributed by atoms with Gasteiger partial charge in [0.2, 0.25) is 5.88 Å². The lowest BCUT2D eigenvalue weighted by atomic mass is 10.1. The fraction of sp³-hybridized carbons (Fsp3) is 0.250. The smallest absolute Gasteiger partial charge is 0.213 e. The summed E-state index contributed by atoms with van der Waals surface area (Å²) >= 11 is 0. The van der Waals surface area contributed by atoms with Gasteiger partial charge < -0.3 is 14.7 Å². The molecule has 0 amide bonds. The molecule has 0 saturated carbocycles. The molecule has 0 saturated heterocycles. The highest BCUT2D eigenvalue weighted by atomic mass is 16.5. The molecule has 1 aromatic carbocycles. The highest BCUT2D eigenvalue weighted by Gasteiger charge is 2.18. The quantitative estimate of drug-likeness (QED) is 0.692. The Morgan fingerprint density at radius 2 is 2.14 bits per heavy atom. The highest BCUT2D eigenvalue weighted by molar-refractivity contribution is 6.04. The first-order chi connectivity index (χ1) is 10.3. The molecule has 2 aromatic rings. The standard InChI is InChI=1S/C16H16N2O3/c1-20-16-4-2-3-12(17-16)10-21-13-6-7-14-11(9-13)5-8-15(14)18-19/h2-4,6-7,9,19H,5,8,10H2,1H3/b18-15+. The fourth-order valence-corrected chi connectivity index (χ4v) is 2.45. The van der Waals surface area contributed by atoms with Crippen LogP contribution in [0, 0.1) is 0 Å². The number of rotatable bonds is 4. The average molecular weight is 284 g/mol. The number of nitrogens with zero attached hydrogens (tertiary/aromatic N) is 2. The minimum Gasteiger partial charge on any atom is -0.487 e. The third-order valence-corrected chi connectivity index (χ3v) is 3.52. The molecule has 5 heteroatoms. The van der Waals surface area contributed by atoms with E-state index >= 15 is 0 Å². The number of fused-ring (bicyclic) bond motifs is 1. The number of methoxy groups -OCH3 is 1. The minimum absolute atomic E-state index is 0.386. The van der Waals surface area contributed by atoms with Crippen LogP contribution >= 0.6 is 0 Å². The topological polar surface area (TPSA) is 63.9 Å². The third-order valence-electron chi connectivity index (χ3n) is 3.52. The lowest BCUT2D eigenvalue weighted by molar-refractivity contribution is 0.298. The summed E-state index contributed by atoms with van der Waals surface area (Å²) in [6, 6.07) is 11.4. The Hall–Kier alpha value is -2.56. The van der Waals surface area contributed by atoms with Crippen LogP contribution in [-0.2, 0) is 13.0 Å². The monoisotopic (exact) mass is 284 g/mol. The van der Waals surface area contributed by atoms with Gasteiger partial charge in [-0.1, -0.05) is 11.2 Å². The second-order valence-electron chi connectivity index (χ2n) is 4.83. The summed E-state index contributed by atoms with van der Waals surface area (Å²) in [5.74, 6) is 1.37. The lowest BCUT2D eigenvalue weighted by Gasteiger charge is -2.08.